The van der Waals surface area contributed by atoms with Gasteiger partial charge in [-0.25, -0.2) is 4.79 Å². The van der Waals surface area contributed by atoms with Crippen LogP contribution in [0.1, 0.15) is 36.1 Å². The lowest BCUT2D eigenvalue weighted by Crippen LogP contribution is -2.57. The number of ether oxygens (including phenoxy) is 1. The lowest BCUT2D eigenvalue weighted by Gasteiger charge is -2.37. The van der Waals surface area contributed by atoms with Crippen molar-refractivity contribution in [3.63, 3.8) is 0 Å². The predicted molar refractivity (Wildman–Crippen MR) is 122 cm³/mol. The number of hydrogen-bond acceptors (Lipinski definition) is 5. The second-order valence-corrected chi connectivity index (χ2v) is 8.85. The second-order valence-electron chi connectivity index (χ2n) is 8.85. The van der Waals surface area contributed by atoms with Crippen LogP contribution >= 0.6 is 0 Å². The van der Waals surface area contributed by atoms with E-state index >= 15 is 0 Å². The highest BCUT2D eigenvalue weighted by Crippen LogP contribution is 2.30. The van der Waals surface area contributed by atoms with E-state index in [1.54, 1.807) is 13.8 Å². The van der Waals surface area contributed by atoms with Crippen LogP contribution in [0.3, 0.4) is 0 Å². The minimum Gasteiger partial charge on any atom is -0.480 e. The molecule has 0 bridgehead atoms. The van der Waals surface area contributed by atoms with Gasteiger partial charge in [-0.2, -0.15) is 0 Å². The van der Waals surface area contributed by atoms with Crippen LogP contribution in [0, 0.1) is 5.92 Å². The molecule has 1 heterocycles. The molecule has 0 spiro atoms. The number of hydrogen-bond donors (Lipinski definition) is 2. The Bertz CT molecular complexity index is 1030. The molecule has 2 N–H and O–H groups in total. The largest absolute Gasteiger partial charge is 0.480 e. The topological polar surface area (TPSA) is 95.9 Å². The van der Waals surface area contributed by atoms with Gasteiger partial charge in [0.05, 0.1) is 12.6 Å². The fourth-order valence-corrected chi connectivity index (χ4v) is 5.02. The van der Waals surface area contributed by atoms with Gasteiger partial charge >= 0.3 is 11.9 Å². The summed E-state index contributed by atoms with van der Waals surface area (Å²) in [5.74, 6) is -1.78. The third-order valence-corrected chi connectivity index (χ3v) is 6.71. The standard InChI is InChI=1S/C26H30N2O5/c1-3-33-26(32)23(21-12-17-8-4-5-9-18(17)13-21)27-16(2)24(29)28-15-20-11-7-6-10-19(20)14-22(28)25(30)31/h4-11,16,21-23,27H,3,12-15H2,1-2H3,(H,30,31). The summed E-state index contributed by atoms with van der Waals surface area (Å²) in [6.45, 7) is 3.94. The van der Waals surface area contributed by atoms with Gasteiger partial charge in [0.25, 0.3) is 0 Å². The zero-order chi connectivity index (χ0) is 23.5. The number of nitrogens with zero attached hydrogens (tertiary/aromatic N) is 1. The third-order valence-electron chi connectivity index (χ3n) is 6.71. The van der Waals surface area contributed by atoms with Gasteiger partial charge < -0.3 is 14.7 Å². The number of nitrogens with one attached hydrogen (secondary N) is 1. The number of carboxylic acid groups (broad SMARTS) is 1. The first-order chi connectivity index (χ1) is 15.9. The maximum Gasteiger partial charge on any atom is 0.326 e. The number of amides is 1. The Labute approximate surface area is 193 Å². The highest BCUT2D eigenvalue weighted by molar-refractivity contribution is 5.88. The van der Waals surface area contributed by atoms with Gasteiger partial charge in [0.2, 0.25) is 5.91 Å². The minimum absolute atomic E-state index is 0.0333. The van der Waals surface area contributed by atoms with Crippen molar-refractivity contribution in [2.45, 2.75) is 57.8 Å². The van der Waals surface area contributed by atoms with Crippen molar-refractivity contribution in [3.8, 4) is 0 Å². The van der Waals surface area contributed by atoms with E-state index in [1.807, 2.05) is 36.4 Å². The zero-order valence-electron chi connectivity index (χ0n) is 19.0. The van der Waals surface area contributed by atoms with Crippen molar-refractivity contribution < 1.29 is 24.2 Å². The van der Waals surface area contributed by atoms with E-state index in [-0.39, 0.29) is 37.4 Å². The van der Waals surface area contributed by atoms with Gasteiger partial charge in [-0.15, -0.1) is 0 Å². The molecule has 2 aromatic carbocycles. The third kappa shape index (κ3) is 4.78. The van der Waals surface area contributed by atoms with Crippen LogP contribution in [0.4, 0.5) is 0 Å². The summed E-state index contributed by atoms with van der Waals surface area (Å²) < 4.78 is 5.33. The Morgan fingerprint density at radius 3 is 2.09 bits per heavy atom. The van der Waals surface area contributed by atoms with Crippen LogP contribution in [0.2, 0.25) is 0 Å². The molecule has 3 atom stereocenters. The maximum absolute atomic E-state index is 13.4. The summed E-state index contributed by atoms with van der Waals surface area (Å²) in [4.78, 5) is 39.6. The van der Waals surface area contributed by atoms with Crippen LogP contribution in [0.25, 0.3) is 0 Å². The summed E-state index contributed by atoms with van der Waals surface area (Å²) in [7, 11) is 0. The van der Waals surface area contributed by atoms with Crippen molar-refractivity contribution in [1.29, 1.82) is 0 Å². The number of benzene rings is 2. The quantitative estimate of drug-likeness (QED) is 0.629. The molecule has 7 nitrogen and oxygen atoms in total. The summed E-state index contributed by atoms with van der Waals surface area (Å²) in [6.07, 6.45) is 1.72. The molecule has 2 aliphatic rings. The molecule has 4 rings (SSSR count). The Morgan fingerprint density at radius 2 is 1.55 bits per heavy atom. The Kier molecular flexibility index (Phi) is 6.79. The van der Waals surface area contributed by atoms with Gasteiger partial charge in [-0.05, 0) is 54.9 Å². The van der Waals surface area contributed by atoms with Gasteiger partial charge in [0, 0.05) is 13.0 Å². The molecule has 1 aliphatic carbocycles. The van der Waals surface area contributed by atoms with Crippen LogP contribution < -0.4 is 5.32 Å². The van der Waals surface area contributed by atoms with E-state index in [1.165, 1.54) is 16.0 Å². The second kappa shape index (κ2) is 9.75. The normalized spacial score (nSPS) is 19.3. The van der Waals surface area contributed by atoms with Crippen LogP contribution in [-0.2, 0) is 44.9 Å². The first-order valence-corrected chi connectivity index (χ1v) is 11.5. The van der Waals surface area contributed by atoms with Crippen LogP contribution in [0.5, 0.6) is 0 Å². The van der Waals surface area contributed by atoms with Crippen molar-refractivity contribution in [3.05, 3.63) is 70.8 Å². The molecular formula is C26H30N2O5. The monoisotopic (exact) mass is 450 g/mol. The van der Waals surface area contributed by atoms with Gasteiger partial charge in [-0.1, -0.05) is 48.5 Å². The van der Waals surface area contributed by atoms with Gasteiger partial charge in [0.1, 0.15) is 12.1 Å². The van der Waals surface area contributed by atoms with E-state index in [9.17, 15) is 19.5 Å². The van der Waals surface area contributed by atoms with Crippen molar-refractivity contribution in [2.24, 2.45) is 5.92 Å². The number of aliphatic carboxylic acids is 1. The molecule has 33 heavy (non-hydrogen) atoms. The van der Waals surface area contributed by atoms with Crippen LogP contribution in [0.15, 0.2) is 48.5 Å². The molecule has 1 amide bonds. The first kappa shape index (κ1) is 23.0. The number of carboxylic acids is 1. The Morgan fingerprint density at radius 1 is 1.00 bits per heavy atom. The molecule has 0 radical (unpaired) electrons. The first-order valence-electron chi connectivity index (χ1n) is 11.5. The molecule has 7 heteroatoms. The molecule has 0 fully saturated rings. The molecule has 1 aliphatic heterocycles. The summed E-state index contributed by atoms with van der Waals surface area (Å²) >= 11 is 0. The summed E-state index contributed by atoms with van der Waals surface area (Å²) in [5, 5.41) is 13.0. The molecule has 3 unspecified atom stereocenters. The van der Waals surface area contributed by atoms with Gasteiger partial charge in [-0.3, -0.25) is 14.9 Å². The molecule has 174 valence electrons. The highest BCUT2D eigenvalue weighted by Gasteiger charge is 2.40. The molecule has 0 saturated carbocycles. The number of esters is 1. The average molecular weight is 451 g/mol. The lowest BCUT2D eigenvalue weighted by molar-refractivity contribution is -0.153. The Balaban J connectivity index is 1.52. The molecule has 0 aromatic heterocycles. The summed E-state index contributed by atoms with van der Waals surface area (Å²) in [6, 6.07) is 13.4. The predicted octanol–water partition coefficient (Wildman–Crippen LogP) is 2.35. The van der Waals surface area contributed by atoms with Gasteiger partial charge in [0.15, 0.2) is 0 Å². The Hall–Kier alpha value is -3.19. The SMILES string of the molecule is CCOC(=O)C(NC(C)C(=O)N1Cc2ccccc2CC1C(=O)O)C1Cc2ccccc2C1. The zero-order valence-corrected chi connectivity index (χ0v) is 19.0. The lowest BCUT2D eigenvalue weighted by atomic mass is 9.93. The van der Waals surface area contributed by atoms with E-state index in [0.717, 1.165) is 24.0 Å². The van der Waals surface area contributed by atoms with Crippen molar-refractivity contribution in [1.82, 2.24) is 10.2 Å². The van der Waals surface area contributed by atoms with E-state index in [4.69, 9.17) is 4.74 Å². The number of fused-ring (bicyclic) bond motifs is 2. The average Bonchev–Trinajstić information content (AvgIpc) is 3.25. The molecular weight excluding hydrogens is 420 g/mol. The fraction of sp³-hybridized carbons (Fsp3) is 0.423. The molecule has 0 saturated heterocycles. The minimum atomic E-state index is -1.03. The van der Waals surface area contributed by atoms with E-state index in [0.29, 0.717) is 0 Å². The maximum atomic E-state index is 13.4. The highest BCUT2D eigenvalue weighted by atomic mass is 16.5. The van der Waals surface area contributed by atoms with E-state index < -0.39 is 24.1 Å². The van der Waals surface area contributed by atoms with Crippen LogP contribution in [-0.4, -0.2) is 52.6 Å². The number of carbonyl (C=O) groups is 3. The van der Waals surface area contributed by atoms with E-state index in [2.05, 4.69) is 17.4 Å². The van der Waals surface area contributed by atoms with Crippen molar-refractivity contribution >= 4 is 17.8 Å². The number of carbonyl (C=O) groups excluding carboxylic acids is 2. The molecule has 2 aromatic rings. The fourth-order valence-electron chi connectivity index (χ4n) is 5.02. The smallest absolute Gasteiger partial charge is 0.326 e. The summed E-state index contributed by atoms with van der Waals surface area (Å²) in [5.41, 5.74) is 4.30. The number of rotatable bonds is 7. The van der Waals surface area contributed by atoms with Crippen molar-refractivity contribution in [2.75, 3.05) is 6.61 Å².